The third-order valence-corrected chi connectivity index (χ3v) is 5.08. The number of hydrogen-bond donors (Lipinski definition) is 0. The van der Waals surface area contributed by atoms with Crippen LogP contribution in [0.5, 0.6) is 0 Å². The van der Waals surface area contributed by atoms with Crippen molar-refractivity contribution in [1.82, 2.24) is 0 Å². The van der Waals surface area contributed by atoms with Gasteiger partial charge in [-0.1, -0.05) is 47.5 Å². The number of carbonyl (C=O) groups excluding carboxylic acids is 1. The molecule has 0 bridgehead atoms. The van der Waals surface area contributed by atoms with Gasteiger partial charge in [-0.25, -0.2) is 9.18 Å². The Labute approximate surface area is 177 Å². The predicted octanol–water partition coefficient (Wildman–Crippen LogP) is 7.43. The van der Waals surface area contributed by atoms with Crippen LogP contribution in [-0.2, 0) is 4.74 Å². The number of hydrogen-bond acceptors (Lipinski definition) is 2. The fraction of sp³-hybridized carbons (Fsp3) is 0.211. The Bertz CT molecular complexity index is 914. The number of halogens is 7. The molecule has 0 radical (unpaired) electrons. The Kier molecular flexibility index (Phi) is 7.53. The van der Waals surface area contributed by atoms with Gasteiger partial charge >= 0.3 is 12.1 Å². The lowest BCUT2D eigenvalue weighted by molar-refractivity contribution is -0.139. The van der Waals surface area contributed by atoms with Gasteiger partial charge in [0.15, 0.2) is 0 Å². The highest BCUT2D eigenvalue weighted by Gasteiger charge is 2.41. The van der Waals surface area contributed by atoms with Crippen molar-refractivity contribution >= 4 is 51.2 Å². The largest absolute Gasteiger partial charge is 0.462 e. The summed E-state index contributed by atoms with van der Waals surface area (Å²) in [6.45, 7) is 1.78. The van der Waals surface area contributed by atoms with Crippen LogP contribution in [0.1, 0.15) is 34.3 Å². The monoisotopic (exact) mass is 498 g/mol. The van der Waals surface area contributed by atoms with Crippen molar-refractivity contribution in [2.75, 3.05) is 6.61 Å². The minimum Gasteiger partial charge on any atom is -0.462 e. The van der Waals surface area contributed by atoms with Crippen LogP contribution in [0.3, 0.4) is 0 Å². The van der Waals surface area contributed by atoms with Crippen molar-refractivity contribution < 1.29 is 27.1 Å². The molecule has 2 rings (SSSR count). The summed E-state index contributed by atoms with van der Waals surface area (Å²) in [6, 6.07) is 6.37. The topological polar surface area (TPSA) is 26.3 Å². The van der Waals surface area contributed by atoms with E-state index in [2.05, 4.69) is 15.9 Å². The van der Waals surface area contributed by atoms with E-state index in [1.807, 2.05) is 0 Å². The number of carbonyl (C=O) groups is 1. The molecular formula is C19H13BrCl2F4O2. The molecule has 2 aromatic rings. The Morgan fingerprint density at radius 3 is 2.57 bits per heavy atom. The molecular weight excluding hydrogens is 487 g/mol. The first-order valence-electron chi connectivity index (χ1n) is 7.91. The van der Waals surface area contributed by atoms with E-state index in [1.165, 1.54) is 18.2 Å². The van der Waals surface area contributed by atoms with Gasteiger partial charge < -0.3 is 4.74 Å². The Morgan fingerprint density at radius 1 is 1.29 bits per heavy atom. The molecule has 1 unspecified atom stereocenters. The number of benzene rings is 2. The molecule has 2 nitrogen and oxygen atoms in total. The SMILES string of the molecule is CCOC(=O)c1cccc(/C=C/C(c2cc(Cl)cc(Cl)c2F)C(F)(F)F)c1Br. The molecule has 150 valence electrons. The minimum absolute atomic E-state index is 0.116. The van der Waals surface area contributed by atoms with Gasteiger partial charge in [-0.15, -0.1) is 0 Å². The lowest BCUT2D eigenvalue weighted by Crippen LogP contribution is -2.20. The van der Waals surface area contributed by atoms with E-state index in [1.54, 1.807) is 6.92 Å². The first kappa shape index (κ1) is 22.7. The standard InChI is InChI=1S/C19H13BrCl2F4O2/c1-2-28-18(27)12-5-3-4-10(16(12)20)6-7-14(19(24,25)26)13-8-11(21)9-15(22)17(13)23/h3-9,14H,2H2,1H3/b7-6+. The second-order valence-corrected chi connectivity index (χ2v) is 7.24. The maximum Gasteiger partial charge on any atom is 0.399 e. The zero-order chi connectivity index (χ0) is 21.1. The van der Waals surface area contributed by atoms with Gasteiger partial charge in [0.05, 0.1) is 17.2 Å². The fourth-order valence-electron chi connectivity index (χ4n) is 2.44. The summed E-state index contributed by atoms with van der Waals surface area (Å²) >= 11 is 14.6. The smallest absolute Gasteiger partial charge is 0.399 e. The highest BCUT2D eigenvalue weighted by Crippen LogP contribution is 2.40. The van der Waals surface area contributed by atoms with Crippen LogP contribution in [0.2, 0.25) is 10.0 Å². The predicted molar refractivity (Wildman–Crippen MR) is 104 cm³/mol. The summed E-state index contributed by atoms with van der Waals surface area (Å²) in [7, 11) is 0. The molecule has 0 aromatic heterocycles. The third kappa shape index (κ3) is 5.27. The van der Waals surface area contributed by atoms with Crippen molar-refractivity contribution in [1.29, 1.82) is 0 Å². The van der Waals surface area contributed by atoms with Crippen LogP contribution in [0.25, 0.3) is 6.08 Å². The normalized spacial score (nSPS) is 13.0. The molecule has 0 fully saturated rings. The van der Waals surface area contributed by atoms with Crippen molar-refractivity contribution in [3.8, 4) is 0 Å². The molecule has 2 aromatic carbocycles. The molecule has 0 heterocycles. The molecule has 0 amide bonds. The Balaban J connectivity index is 2.49. The van der Waals surface area contributed by atoms with Crippen molar-refractivity contribution in [2.45, 2.75) is 19.0 Å². The van der Waals surface area contributed by atoms with Crippen molar-refractivity contribution in [2.24, 2.45) is 0 Å². The highest BCUT2D eigenvalue weighted by molar-refractivity contribution is 9.10. The number of alkyl halides is 3. The van der Waals surface area contributed by atoms with E-state index in [-0.39, 0.29) is 27.2 Å². The molecule has 0 N–H and O–H groups in total. The van der Waals surface area contributed by atoms with Gasteiger partial charge in [-0.2, -0.15) is 13.2 Å². The zero-order valence-corrected chi connectivity index (χ0v) is 17.4. The molecule has 0 saturated carbocycles. The minimum atomic E-state index is -4.80. The summed E-state index contributed by atoms with van der Waals surface area (Å²) < 4.78 is 60.1. The first-order chi connectivity index (χ1) is 13.1. The number of rotatable bonds is 5. The Hall–Kier alpha value is -1.57. The first-order valence-corrected chi connectivity index (χ1v) is 9.46. The zero-order valence-electron chi connectivity index (χ0n) is 14.3. The number of ether oxygens (including phenoxy) is 1. The van der Waals surface area contributed by atoms with E-state index in [9.17, 15) is 22.4 Å². The van der Waals surface area contributed by atoms with Crippen LogP contribution in [0, 0.1) is 5.82 Å². The Morgan fingerprint density at radius 2 is 1.96 bits per heavy atom. The summed E-state index contributed by atoms with van der Waals surface area (Å²) in [5.41, 5.74) is -0.253. The van der Waals surface area contributed by atoms with Gasteiger partial charge in [-0.05, 0) is 46.6 Å². The molecule has 0 aliphatic heterocycles. The van der Waals surface area contributed by atoms with Crippen LogP contribution in [0.4, 0.5) is 17.6 Å². The van der Waals surface area contributed by atoms with E-state index < -0.39 is 34.5 Å². The van der Waals surface area contributed by atoms with Crippen LogP contribution < -0.4 is 0 Å². The molecule has 0 aliphatic rings. The molecule has 9 heteroatoms. The van der Waals surface area contributed by atoms with E-state index in [4.69, 9.17) is 27.9 Å². The molecule has 0 saturated heterocycles. The third-order valence-electron chi connectivity index (χ3n) is 3.70. The van der Waals surface area contributed by atoms with Crippen molar-refractivity contribution in [3.63, 3.8) is 0 Å². The fourth-order valence-corrected chi connectivity index (χ4v) is 3.50. The lowest BCUT2D eigenvalue weighted by atomic mass is 9.96. The maximum absolute atomic E-state index is 14.2. The van der Waals surface area contributed by atoms with E-state index >= 15 is 0 Å². The van der Waals surface area contributed by atoms with Gasteiger partial charge in [0.25, 0.3) is 0 Å². The van der Waals surface area contributed by atoms with E-state index in [0.717, 1.165) is 24.3 Å². The van der Waals surface area contributed by atoms with Gasteiger partial charge in [-0.3, -0.25) is 0 Å². The lowest BCUT2D eigenvalue weighted by Gasteiger charge is -2.19. The highest BCUT2D eigenvalue weighted by atomic mass is 79.9. The van der Waals surface area contributed by atoms with Gasteiger partial charge in [0, 0.05) is 15.1 Å². The summed E-state index contributed by atoms with van der Waals surface area (Å²) in [4.78, 5) is 11.9. The average molecular weight is 500 g/mol. The van der Waals surface area contributed by atoms with Crippen LogP contribution in [0.15, 0.2) is 40.9 Å². The molecule has 28 heavy (non-hydrogen) atoms. The second kappa shape index (κ2) is 9.29. The van der Waals surface area contributed by atoms with Crippen LogP contribution >= 0.6 is 39.1 Å². The maximum atomic E-state index is 14.2. The summed E-state index contributed by atoms with van der Waals surface area (Å²) in [6.07, 6.45) is -2.88. The van der Waals surface area contributed by atoms with Gasteiger partial charge in [0.1, 0.15) is 11.7 Å². The second-order valence-electron chi connectivity index (χ2n) is 5.60. The quantitative estimate of drug-likeness (QED) is 0.243. The molecule has 0 aliphatic carbocycles. The van der Waals surface area contributed by atoms with Crippen LogP contribution in [-0.4, -0.2) is 18.8 Å². The van der Waals surface area contributed by atoms with Gasteiger partial charge in [0.2, 0.25) is 0 Å². The molecule has 1 atom stereocenters. The summed E-state index contributed by atoms with van der Waals surface area (Å²) in [5, 5.41) is -0.620. The average Bonchev–Trinajstić information content (AvgIpc) is 2.59. The van der Waals surface area contributed by atoms with Crippen molar-refractivity contribution in [3.05, 3.63) is 73.4 Å². The number of allylic oxidation sites excluding steroid dienone is 1. The molecule has 0 spiro atoms. The summed E-state index contributed by atoms with van der Waals surface area (Å²) in [5.74, 6) is -4.11. The number of esters is 1. The van der Waals surface area contributed by atoms with E-state index in [0.29, 0.717) is 0 Å².